The zero-order valence-corrected chi connectivity index (χ0v) is 27.7. The van der Waals surface area contributed by atoms with Gasteiger partial charge in [0.05, 0.1) is 17.2 Å². The quantitative estimate of drug-likeness (QED) is 0.179. The fourth-order valence-corrected chi connectivity index (χ4v) is 5.86. The summed E-state index contributed by atoms with van der Waals surface area (Å²) < 4.78 is 30.8. The van der Waals surface area contributed by atoms with E-state index in [2.05, 4.69) is 5.32 Å². The second-order valence-electron chi connectivity index (χ2n) is 11.8. The summed E-state index contributed by atoms with van der Waals surface area (Å²) in [6.07, 6.45) is -0.145. The van der Waals surface area contributed by atoms with Crippen molar-refractivity contribution in [3.05, 3.63) is 81.9 Å². The molecular weight excluding hydrogens is 640 g/mol. The smallest absolute Gasteiger partial charge is 0.398 e. The second kappa shape index (κ2) is 15.4. The van der Waals surface area contributed by atoms with Crippen LogP contribution in [0.1, 0.15) is 67.0 Å². The molecule has 49 heavy (non-hydrogen) atoms. The van der Waals surface area contributed by atoms with Gasteiger partial charge in [0, 0.05) is 37.8 Å². The third kappa shape index (κ3) is 7.94. The molecule has 260 valence electrons. The van der Waals surface area contributed by atoms with Gasteiger partial charge in [0.2, 0.25) is 6.79 Å². The minimum atomic E-state index is -1.61. The number of carbonyl (C=O) groups excluding carboxylic acids is 4. The summed E-state index contributed by atoms with van der Waals surface area (Å²) in [5, 5.41) is 15.5. The number of rotatable bonds is 11. The van der Waals surface area contributed by atoms with Crippen molar-refractivity contribution < 1.29 is 62.2 Å². The first kappa shape index (κ1) is 35.1. The van der Waals surface area contributed by atoms with Crippen LogP contribution in [0.25, 0.3) is 0 Å². The lowest BCUT2D eigenvalue weighted by molar-refractivity contribution is -1.04. The molecule has 0 aromatic heterocycles. The first-order chi connectivity index (χ1) is 23.5. The first-order valence-corrected chi connectivity index (χ1v) is 15.6. The number of carboxylic acid groups (broad SMARTS) is 1. The van der Waals surface area contributed by atoms with Gasteiger partial charge in [-0.15, -0.1) is 0 Å². The molecule has 1 N–H and O–H groups in total. The van der Waals surface area contributed by atoms with Crippen molar-refractivity contribution in [2.75, 3.05) is 47.7 Å². The number of nitrogens with one attached hydrogen (secondary N) is 1. The maximum atomic E-state index is 13.5. The molecule has 1 fully saturated rings. The Morgan fingerprint density at radius 2 is 1.49 bits per heavy atom. The summed E-state index contributed by atoms with van der Waals surface area (Å²) in [5.74, 6) is -0.116. The molecule has 14 heteroatoms. The van der Waals surface area contributed by atoms with E-state index in [9.17, 15) is 24.3 Å². The lowest BCUT2D eigenvalue weighted by Gasteiger charge is -2.34. The molecule has 0 bridgehead atoms. The number of quaternary nitrogens is 1. The van der Waals surface area contributed by atoms with E-state index in [0.29, 0.717) is 42.1 Å². The molecule has 0 spiro atoms. The number of ketones is 1. The number of nitrogens with zero attached hydrogens (tertiary/aromatic N) is 1. The van der Waals surface area contributed by atoms with Crippen LogP contribution in [0.4, 0.5) is 4.79 Å². The lowest BCUT2D eigenvalue weighted by atomic mass is 10.0. The van der Waals surface area contributed by atoms with Gasteiger partial charge in [0.15, 0.2) is 30.9 Å². The molecule has 2 amide bonds. The fraction of sp³-hybridized carbons (Fsp3) is 0.371. The summed E-state index contributed by atoms with van der Waals surface area (Å²) >= 11 is 0. The van der Waals surface area contributed by atoms with Gasteiger partial charge in [0.25, 0.3) is 5.91 Å². The van der Waals surface area contributed by atoms with Crippen LogP contribution < -0.4 is 29.4 Å². The first-order valence-electron chi connectivity index (χ1n) is 15.6. The number of hydrogen-bond acceptors (Lipinski definition) is 12. The highest BCUT2D eigenvalue weighted by Gasteiger charge is 2.42. The number of hydrogen-bond donors (Lipinski definition) is 1. The maximum Gasteiger partial charge on any atom is 0.398 e. The monoisotopic (exact) mass is 678 g/mol. The van der Waals surface area contributed by atoms with E-state index in [1.54, 1.807) is 12.1 Å². The molecule has 3 aromatic rings. The summed E-state index contributed by atoms with van der Waals surface area (Å²) in [4.78, 5) is 58.3. The van der Waals surface area contributed by atoms with Gasteiger partial charge in [-0.2, -0.15) is 0 Å². The molecule has 2 unspecified atom stereocenters. The molecular formula is C35H38N2O12. The highest BCUT2D eigenvalue weighted by Crippen LogP contribution is 2.39. The highest BCUT2D eigenvalue weighted by atomic mass is 16.8. The summed E-state index contributed by atoms with van der Waals surface area (Å²) in [6.45, 7) is 3.30. The number of ether oxygens (including phenoxy) is 6. The van der Waals surface area contributed by atoms with Crippen LogP contribution in [0.3, 0.4) is 0 Å². The van der Waals surface area contributed by atoms with E-state index in [-0.39, 0.29) is 55.9 Å². The van der Waals surface area contributed by atoms with Crippen LogP contribution in [-0.4, -0.2) is 82.1 Å². The third-order valence-corrected chi connectivity index (χ3v) is 8.24. The van der Waals surface area contributed by atoms with Crippen molar-refractivity contribution in [1.29, 1.82) is 0 Å². The van der Waals surface area contributed by atoms with E-state index in [1.165, 1.54) is 50.6 Å². The number of hydroxylamine groups is 3. The molecule has 0 aliphatic carbocycles. The van der Waals surface area contributed by atoms with E-state index < -0.39 is 34.4 Å². The van der Waals surface area contributed by atoms with E-state index in [0.717, 1.165) is 11.1 Å². The number of fused-ring (bicyclic) bond motifs is 1. The molecule has 14 nitrogen and oxygen atoms in total. The van der Waals surface area contributed by atoms with Crippen molar-refractivity contribution >= 4 is 23.8 Å². The van der Waals surface area contributed by atoms with E-state index in [4.69, 9.17) is 33.3 Å². The standard InChI is InChI=1S/C35H38N2O12/c1-21-13-25(14-22(2)32(21)48-19-44-4)33(39)36-26-7-5-6-12-37(17-26,35(41)42)49-34(40)24-10-8-23(9-11-24)31(38)27-15-29-30(47-20-46-29)16-28(27)45-18-43-3/h8-11,13-16,26H,5-7,12,17-20H2,1-4H3,(H-,36,39,41,42). The normalized spacial score (nSPS) is 18.2. The Morgan fingerprint density at radius 3 is 2.14 bits per heavy atom. The minimum absolute atomic E-state index is 0.00515. The Morgan fingerprint density at radius 1 is 0.857 bits per heavy atom. The van der Waals surface area contributed by atoms with Crippen molar-refractivity contribution in [3.8, 4) is 23.0 Å². The topological polar surface area (TPSA) is 168 Å². The Bertz CT molecular complexity index is 1700. The number of benzene rings is 3. The van der Waals surface area contributed by atoms with Crippen molar-refractivity contribution in [2.45, 2.75) is 39.2 Å². The molecule has 2 heterocycles. The predicted octanol–water partition coefficient (Wildman–Crippen LogP) is 3.44. The molecule has 2 atom stereocenters. The maximum absolute atomic E-state index is 13.5. The molecule has 5 rings (SSSR count). The lowest BCUT2D eigenvalue weighted by Crippen LogP contribution is -2.63. The Kier molecular flexibility index (Phi) is 11.0. The van der Waals surface area contributed by atoms with Crippen LogP contribution in [0, 0.1) is 13.8 Å². The van der Waals surface area contributed by atoms with Crippen molar-refractivity contribution in [1.82, 2.24) is 5.32 Å². The van der Waals surface area contributed by atoms with Crippen LogP contribution >= 0.6 is 0 Å². The largest absolute Gasteiger partial charge is 0.495 e. The number of aryl methyl sites for hydroxylation is 2. The van der Waals surface area contributed by atoms with Crippen LogP contribution in [0.5, 0.6) is 23.0 Å². The van der Waals surface area contributed by atoms with Gasteiger partial charge >= 0.3 is 12.1 Å². The van der Waals surface area contributed by atoms with E-state index >= 15 is 0 Å². The number of likely N-dealkylation sites (tertiary alicyclic amines) is 1. The summed E-state index contributed by atoms with van der Waals surface area (Å²) in [6, 6.07) is 11.4. The highest BCUT2D eigenvalue weighted by molar-refractivity contribution is 6.11. The summed E-state index contributed by atoms with van der Waals surface area (Å²) in [5.41, 5.74) is 2.28. The number of methoxy groups -OCH3 is 2. The number of carbonyl (C=O) groups is 4. The second-order valence-corrected chi connectivity index (χ2v) is 11.8. The van der Waals surface area contributed by atoms with Gasteiger partial charge in [-0.3, -0.25) is 14.4 Å². The summed E-state index contributed by atoms with van der Waals surface area (Å²) in [7, 11) is 2.96. The molecule has 0 radical (unpaired) electrons. The average molecular weight is 679 g/mol. The number of amides is 2. The van der Waals surface area contributed by atoms with E-state index in [1.807, 2.05) is 13.8 Å². The molecule has 2 aliphatic heterocycles. The van der Waals surface area contributed by atoms with Gasteiger partial charge in [-0.05, 0) is 68.1 Å². The fourth-order valence-electron chi connectivity index (χ4n) is 5.86. The zero-order chi connectivity index (χ0) is 35.1. The van der Waals surface area contributed by atoms with Crippen molar-refractivity contribution in [2.24, 2.45) is 0 Å². The Balaban J connectivity index is 1.30. The van der Waals surface area contributed by atoms with Gasteiger partial charge in [-0.1, -0.05) is 16.8 Å². The van der Waals surface area contributed by atoms with Gasteiger partial charge in [0.1, 0.15) is 24.6 Å². The Hall–Kier alpha value is -5.18. The van der Waals surface area contributed by atoms with Crippen molar-refractivity contribution in [3.63, 3.8) is 0 Å². The predicted molar refractivity (Wildman–Crippen MR) is 169 cm³/mol. The third-order valence-electron chi connectivity index (χ3n) is 8.24. The molecule has 2 aliphatic rings. The van der Waals surface area contributed by atoms with Crippen LogP contribution in [-0.2, 0) is 14.3 Å². The SMILES string of the molecule is COCOc1cc2c(cc1C(=O)c1ccc(C(=O)O[N+]3(C(=O)[O-])CCCCC(NC(=O)c4cc(C)c(OCOC)c(C)c4)C3)cc1)OCO2. The zero-order valence-electron chi connectivity index (χ0n) is 27.7. The molecule has 3 aromatic carbocycles. The van der Waals surface area contributed by atoms with Gasteiger partial charge in [-0.25, -0.2) is 4.79 Å². The van der Waals surface area contributed by atoms with Crippen LogP contribution in [0.2, 0.25) is 0 Å². The average Bonchev–Trinajstić information content (AvgIpc) is 3.45. The minimum Gasteiger partial charge on any atom is -0.495 e. The Labute approximate surface area is 282 Å². The molecule has 0 saturated carbocycles. The van der Waals surface area contributed by atoms with Crippen LogP contribution in [0.15, 0.2) is 48.5 Å². The van der Waals surface area contributed by atoms with Gasteiger partial charge < -0.3 is 43.6 Å². The molecule has 1 saturated heterocycles.